The molecule has 0 atom stereocenters. The normalized spacial score (nSPS) is 11.9. The van der Waals surface area contributed by atoms with Crippen molar-refractivity contribution in [3.8, 4) is 0 Å². The van der Waals surface area contributed by atoms with Crippen LogP contribution in [0.25, 0.3) is 11.0 Å². The van der Waals surface area contributed by atoms with Gasteiger partial charge in [-0.05, 0) is 54.1 Å². The molecule has 0 amide bonds. The van der Waals surface area contributed by atoms with E-state index in [2.05, 4.69) is 14.7 Å². The maximum atomic E-state index is 12.6. The van der Waals surface area contributed by atoms with Gasteiger partial charge in [-0.25, -0.2) is 18.1 Å². The van der Waals surface area contributed by atoms with E-state index in [-0.39, 0.29) is 10.8 Å². The monoisotopic (exact) mass is 435 g/mol. The van der Waals surface area contributed by atoms with Crippen LogP contribution in [0, 0.1) is 0 Å². The van der Waals surface area contributed by atoms with Crippen LogP contribution in [0.1, 0.15) is 5.56 Å². The zero-order valence-corrected chi connectivity index (χ0v) is 17.1. The quantitative estimate of drug-likeness (QED) is 0.451. The van der Waals surface area contributed by atoms with Gasteiger partial charge in [0.2, 0.25) is 10.0 Å². The molecule has 0 aliphatic heterocycles. The van der Waals surface area contributed by atoms with Crippen molar-refractivity contribution < 1.29 is 8.42 Å². The molecule has 9 heteroatoms. The first-order valence-electron chi connectivity index (χ1n) is 7.95. The summed E-state index contributed by atoms with van der Waals surface area (Å²) in [7, 11) is -3.58. The van der Waals surface area contributed by atoms with Crippen molar-refractivity contribution in [3.63, 3.8) is 0 Å². The maximum Gasteiger partial charge on any atom is 0.250 e. The molecule has 3 heterocycles. The molecule has 4 aromatic rings. The molecule has 4 rings (SSSR count). The number of sulfonamides is 1. The van der Waals surface area contributed by atoms with Crippen LogP contribution in [-0.4, -0.2) is 18.4 Å². The highest BCUT2D eigenvalue weighted by Crippen LogP contribution is 2.35. The standard InChI is InChI=1S/C18H14ClN3O2S3/c19-13-3-5-14(6-4-13)25-16-7-8-17(26-16)27(23,24)22-11-12-10-21-18-15(12)2-1-9-20-18/h1-10,22H,11H2,(H,20,21). The number of nitrogens with one attached hydrogen (secondary N) is 2. The summed E-state index contributed by atoms with van der Waals surface area (Å²) < 4.78 is 29.1. The minimum absolute atomic E-state index is 0.200. The Balaban J connectivity index is 1.47. The minimum atomic E-state index is -3.58. The topological polar surface area (TPSA) is 74.8 Å². The number of nitrogens with zero attached hydrogens (tertiary/aromatic N) is 1. The van der Waals surface area contributed by atoms with Crippen molar-refractivity contribution in [2.24, 2.45) is 0 Å². The second-order valence-corrected chi connectivity index (χ2v) is 10.6. The third-order valence-electron chi connectivity index (χ3n) is 3.84. The van der Waals surface area contributed by atoms with Gasteiger partial charge in [0, 0.05) is 34.2 Å². The van der Waals surface area contributed by atoms with Gasteiger partial charge in [0.15, 0.2) is 0 Å². The van der Waals surface area contributed by atoms with Gasteiger partial charge in [0.25, 0.3) is 0 Å². The Labute approximate surface area is 169 Å². The molecular formula is C18H14ClN3O2S3. The van der Waals surface area contributed by atoms with Crippen molar-refractivity contribution in [2.45, 2.75) is 19.9 Å². The lowest BCUT2D eigenvalue weighted by atomic mass is 10.2. The molecule has 0 bridgehead atoms. The summed E-state index contributed by atoms with van der Waals surface area (Å²) >= 11 is 8.64. The van der Waals surface area contributed by atoms with Crippen molar-refractivity contribution in [1.82, 2.24) is 14.7 Å². The molecule has 138 valence electrons. The Morgan fingerprint density at radius 1 is 1.15 bits per heavy atom. The maximum absolute atomic E-state index is 12.6. The number of H-pyrrole nitrogens is 1. The molecule has 1 aromatic carbocycles. The van der Waals surface area contributed by atoms with Crippen LogP contribution in [0.3, 0.4) is 0 Å². The number of aromatic amines is 1. The van der Waals surface area contributed by atoms with E-state index in [4.69, 9.17) is 11.6 Å². The van der Waals surface area contributed by atoms with E-state index in [1.165, 1.54) is 23.1 Å². The van der Waals surface area contributed by atoms with E-state index in [0.29, 0.717) is 5.02 Å². The second-order valence-electron chi connectivity index (χ2n) is 5.67. The van der Waals surface area contributed by atoms with Crippen molar-refractivity contribution in [3.05, 3.63) is 71.5 Å². The molecule has 0 radical (unpaired) electrons. The first-order valence-corrected chi connectivity index (χ1v) is 11.4. The fourth-order valence-electron chi connectivity index (χ4n) is 2.52. The molecule has 0 unspecified atom stereocenters. The Morgan fingerprint density at radius 3 is 2.78 bits per heavy atom. The summed E-state index contributed by atoms with van der Waals surface area (Å²) in [6, 6.07) is 14.6. The molecule has 0 saturated heterocycles. The number of halogens is 1. The third kappa shape index (κ3) is 4.20. The van der Waals surface area contributed by atoms with Crippen LogP contribution in [0.2, 0.25) is 5.02 Å². The van der Waals surface area contributed by atoms with E-state index >= 15 is 0 Å². The summed E-state index contributed by atoms with van der Waals surface area (Å²) in [5.41, 5.74) is 1.60. The van der Waals surface area contributed by atoms with E-state index < -0.39 is 10.0 Å². The zero-order valence-electron chi connectivity index (χ0n) is 13.8. The van der Waals surface area contributed by atoms with Gasteiger partial charge in [-0.2, -0.15) is 0 Å². The van der Waals surface area contributed by atoms with Crippen LogP contribution in [0.15, 0.2) is 74.2 Å². The summed E-state index contributed by atoms with van der Waals surface area (Å²) in [5.74, 6) is 0. The molecule has 0 fully saturated rings. The average molecular weight is 436 g/mol. The van der Waals surface area contributed by atoms with E-state index in [1.807, 2.05) is 42.5 Å². The summed E-state index contributed by atoms with van der Waals surface area (Å²) in [4.78, 5) is 8.26. The van der Waals surface area contributed by atoms with Crippen molar-refractivity contribution in [1.29, 1.82) is 0 Å². The number of pyridine rings is 1. The fourth-order valence-corrected chi connectivity index (χ4v) is 6.26. The lowest BCUT2D eigenvalue weighted by Gasteiger charge is -2.04. The summed E-state index contributed by atoms with van der Waals surface area (Å²) in [6.45, 7) is 0.200. The van der Waals surface area contributed by atoms with Crippen LogP contribution < -0.4 is 4.72 Å². The van der Waals surface area contributed by atoms with E-state index in [9.17, 15) is 8.42 Å². The van der Waals surface area contributed by atoms with Crippen LogP contribution in [-0.2, 0) is 16.6 Å². The second kappa shape index (κ2) is 7.65. The number of benzene rings is 1. The zero-order chi connectivity index (χ0) is 18.9. The number of hydrogen-bond acceptors (Lipinski definition) is 5. The molecule has 3 aromatic heterocycles. The highest BCUT2D eigenvalue weighted by molar-refractivity contribution is 8.01. The predicted molar refractivity (Wildman–Crippen MR) is 110 cm³/mol. The Kier molecular flexibility index (Phi) is 5.25. The lowest BCUT2D eigenvalue weighted by molar-refractivity contribution is 0.583. The molecular weight excluding hydrogens is 422 g/mol. The molecule has 0 aliphatic carbocycles. The minimum Gasteiger partial charge on any atom is -0.346 e. The number of rotatable bonds is 6. The number of hydrogen-bond donors (Lipinski definition) is 2. The highest BCUT2D eigenvalue weighted by atomic mass is 35.5. The van der Waals surface area contributed by atoms with Gasteiger partial charge >= 0.3 is 0 Å². The number of thiophene rings is 1. The first-order chi connectivity index (χ1) is 13.0. The van der Waals surface area contributed by atoms with Crippen molar-refractivity contribution in [2.75, 3.05) is 0 Å². The van der Waals surface area contributed by atoms with Gasteiger partial charge in [-0.15, -0.1) is 11.3 Å². The summed E-state index contributed by atoms with van der Waals surface area (Å²) in [5, 5.41) is 1.58. The largest absolute Gasteiger partial charge is 0.346 e. The van der Waals surface area contributed by atoms with Gasteiger partial charge in [0.1, 0.15) is 9.86 Å². The first kappa shape index (κ1) is 18.5. The molecule has 0 spiro atoms. The number of fused-ring (bicyclic) bond motifs is 1. The average Bonchev–Trinajstić information content (AvgIpc) is 3.30. The van der Waals surface area contributed by atoms with Gasteiger partial charge < -0.3 is 4.98 Å². The Hall–Kier alpha value is -1.84. The van der Waals surface area contributed by atoms with Crippen LogP contribution in [0.5, 0.6) is 0 Å². The van der Waals surface area contributed by atoms with E-state index in [0.717, 1.165) is 25.7 Å². The Bertz CT molecular complexity index is 1180. The fraction of sp³-hybridized carbons (Fsp3) is 0.0556. The molecule has 0 saturated carbocycles. The van der Waals surface area contributed by atoms with Gasteiger partial charge in [-0.1, -0.05) is 23.4 Å². The van der Waals surface area contributed by atoms with Crippen molar-refractivity contribution >= 4 is 55.8 Å². The SMILES string of the molecule is O=S(=O)(NCc1c[nH]c2ncccc12)c1ccc(Sc2ccc(Cl)cc2)s1. The number of aromatic nitrogens is 2. The van der Waals surface area contributed by atoms with Gasteiger partial charge in [0.05, 0.1) is 4.21 Å². The molecule has 27 heavy (non-hydrogen) atoms. The molecule has 0 aliphatic rings. The lowest BCUT2D eigenvalue weighted by Crippen LogP contribution is -2.22. The third-order valence-corrected chi connectivity index (χ3v) is 8.21. The van der Waals surface area contributed by atoms with Gasteiger partial charge in [-0.3, -0.25) is 0 Å². The molecule has 5 nitrogen and oxygen atoms in total. The van der Waals surface area contributed by atoms with Crippen LogP contribution in [0.4, 0.5) is 0 Å². The Morgan fingerprint density at radius 2 is 1.96 bits per heavy atom. The molecule has 2 N–H and O–H groups in total. The van der Waals surface area contributed by atoms with E-state index in [1.54, 1.807) is 18.5 Å². The summed E-state index contributed by atoms with van der Waals surface area (Å²) in [6.07, 6.45) is 3.47. The smallest absolute Gasteiger partial charge is 0.250 e. The van der Waals surface area contributed by atoms with Crippen LogP contribution >= 0.6 is 34.7 Å². The predicted octanol–water partition coefficient (Wildman–Crippen LogP) is 4.91. The highest BCUT2D eigenvalue weighted by Gasteiger charge is 2.18.